The van der Waals surface area contributed by atoms with E-state index in [0.717, 1.165) is 5.56 Å². The summed E-state index contributed by atoms with van der Waals surface area (Å²) in [6.07, 6.45) is 0.159. The Labute approximate surface area is 313 Å². The SMILES string of the molecule is CCOCCOCCOCCOc1ccc(C[C@@H](C(=O)O)N2CCN(CC(=O)O)CCN(CC(=O)O)CCN(CC(=O)O)CC2)cc1.[Gd]. The number of carbonyl (C=O) groups is 4. The summed E-state index contributed by atoms with van der Waals surface area (Å²) in [5.74, 6) is -3.59. The minimum atomic E-state index is -1.06. The summed E-state index contributed by atoms with van der Waals surface area (Å²) in [5, 5.41) is 38.5. The third kappa shape index (κ3) is 19.8. The van der Waals surface area contributed by atoms with E-state index in [9.17, 15) is 39.6 Å². The molecule has 1 atom stereocenters. The standard InChI is InChI=1S/C31H50N4O12.Gd/c1-2-44-15-16-45-17-18-46-19-20-47-26-5-3-25(4-6-26)21-27(31(42)43)35-13-11-33(23-29(38)39)9-7-32(22-28(36)37)8-10-34(12-14-35)24-30(40)41;/h3-6,27H,2,7-24H2,1H3,(H,36,37)(H,38,39)(H,40,41)(H,42,43);/t27-;/m0./s1. The van der Waals surface area contributed by atoms with E-state index in [0.29, 0.717) is 52.0 Å². The van der Waals surface area contributed by atoms with Crippen molar-refractivity contribution in [2.45, 2.75) is 19.4 Å². The van der Waals surface area contributed by atoms with Crippen LogP contribution in [0.3, 0.4) is 0 Å². The number of carboxylic acids is 4. The van der Waals surface area contributed by atoms with Gasteiger partial charge in [0.1, 0.15) is 18.4 Å². The van der Waals surface area contributed by atoms with Gasteiger partial charge in [0.05, 0.1) is 52.7 Å². The molecule has 2 rings (SSSR count). The average Bonchev–Trinajstić information content (AvgIpc) is 3.01. The Morgan fingerprint density at radius 1 is 0.625 bits per heavy atom. The van der Waals surface area contributed by atoms with Crippen LogP contribution in [0.2, 0.25) is 0 Å². The third-order valence-electron chi connectivity index (χ3n) is 7.47. The molecule has 48 heavy (non-hydrogen) atoms. The van der Waals surface area contributed by atoms with Gasteiger partial charge >= 0.3 is 23.9 Å². The van der Waals surface area contributed by atoms with Crippen molar-refractivity contribution in [3.05, 3.63) is 29.8 Å². The quantitative estimate of drug-likeness (QED) is 0.117. The van der Waals surface area contributed by atoms with Crippen molar-refractivity contribution in [1.29, 1.82) is 0 Å². The molecule has 1 aromatic carbocycles. The van der Waals surface area contributed by atoms with Gasteiger partial charge in [0, 0.05) is 98.9 Å². The number of hydrogen-bond donors (Lipinski definition) is 4. The van der Waals surface area contributed by atoms with Crippen molar-refractivity contribution in [3.63, 3.8) is 0 Å². The number of benzene rings is 1. The van der Waals surface area contributed by atoms with Gasteiger partial charge in [-0.05, 0) is 31.0 Å². The van der Waals surface area contributed by atoms with E-state index < -0.39 is 29.9 Å². The number of nitrogens with zero attached hydrogens (tertiary/aromatic N) is 4. The topological polar surface area (TPSA) is 199 Å². The number of hydrogen-bond acceptors (Lipinski definition) is 12. The molecular formula is C31H50GdN4O12. The van der Waals surface area contributed by atoms with E-state index in [1.165, 1.54) is 0 Å². The van der Waals surface area contributed by atoms with Crippen LogP contribution in [-0.2, 0) is 39.8 Å². The van der Waals surface area contributed by atoms with Gasteiger partial charge in [0.25, 0.3) is 0 Å². The maximum absolute atomic E-state index is 12.6. The van der Waals surface area contributed by atoms with Crippen LogP contribution in [0.15, 0.2) is 24.3 Å². The largest absolute Gasteiger partial charge is 0.491 e. The van der Waals surface area contributed by atoms with E-state index >= 15 is 0 Å². The molecule has 274 valence electrons. The predicted molar refractivity (Wildman–Crippen MR) is 169 cm³/mol. The second-order valence-electron chi connectivity index (χ2n) is 11.0. The maximum atomic E-state index is 12.6. The van der Waals surface area contributed by atoms with Crippen LogP contribution in [0.5, 0.6) is 5.75 Å². The molecule has 0 bridgehead atoms. The van der Waals surface area contributed by atoms with Crippen LogP contribution in [0.25, 0.3) is 0 Å². The van der Waals surface area contributed by atoms with E-state index in [4.69, 9.17) is 18.9 Å². The second kappa shape index (κ2) is 25.9. The molecule has 1 fully saturated rings. The van der Waals surface area contributed by atoms with Crippen molar-refractivity contribution in [2.24, 2.45) is 0 Å². The Balaban J connectivity index is 0.0000115. The van der Waals surface area contributed by atoms with E-state index in [1.807, 2.05) is 6.92 Å². The molecule has 1 aliphatic rings. The van der Waals surface area contributed by atoms with Crippen molar-refractivity contribution >= 4 is 23.9 Å². The molecule has 0 aromatic heterocycles. The number of aliphatic carboxylic acids is 4. The fourth-order valence-electron chi connectivity index (χ4n) is 5.03. The van der Waals surface area contributed by atoms with Crippen LogP contribution in [0, 0.1) is 39.9 Å². The number of carboxylic acid groups (broad SMARTS) is 4. The Morgan fingerprint density at radius 3 is 1.42 bits per heavy atom. The Kier molecular flexibility index (Phi) is 23.7. The zero-order chi connectivity index (χ0) is 34.4. The van der Waals surface area contributed by atoms with Crippen molar-refractivity contribution in [2.75, 3.05) is 118 Å². The summed E-state index contributed by atoms with van der Waals surface area (Å²) in [5.41, 5.74) is 0.755. The van der Waals surface area contributed by atoms with E-state index in [2.05, 4.69) is 0 Å². The van der Waals surface area contributed by atoms with Gasteiger partial charge in [-0.2, -0.15) is 0 Å². The molecule has 1 aliphatic heterocycles. The normalized spacial score (nSPS) is 16.6. The molecule has 4 N–H and O–H groups in total. The summed E-state index contributed by atoms with van der Waals surface area (Å²) in [6, 6.07) is 6.13. The molecule has 0 spiro atoms. The molecule has 0 radical (unpaired) electrons. The maximum Gasteiger partial charge on any atom is 0.321 e. The van der Waals surface area contributed by atoms with Gasteiger partial charge in [-0.25, -0.2) is 0 Å². The molecular weight excluding hydrogens is 778 g/mol. The molecule has 16 nitrogen and oxygen atoms in total. The molecule has 0 aliphatic carbocycles. The molecule has 0 amide bonds. The zero-order valence-corrected chi connectivity index (χ0v) is 29.8. The monoisotopic (exact) mass is 828 g/mol. The first-order valence-electron chi connectivity index (χ1n) is 15.8. The number of ether oxygens (including phenoxy) is 4. The Hall–Kier alpha value is -2.06. The zero-order valence-electron chi connectivity index (χ0n) is 27.5. The van der Waals surface area contributed by atoms with Crippen molar-refractivity contribution in [3.8, 4) is 5.75 Å². The van der Waals surface area contributed by atoms with Gasteiger partial charge in [-0.15, -0.1) is 0 Å². The molecule has 0 unspecified atom stereocenters. The van der Waals surface area contributed by atoms with Crippen LogP contribution < -0.4 is 4.74 Å². The first kappa shape index (κ1) is 44.0. The van der Waals surface area contributed by atoms with E-state index in [-0.39, 0.29) is 118 Å². The molecule has 1 saturated heterocycles. The summed E-state index contributed by atoms with van der Waals surface area (Å²) in [4.78, 5) is 53.8. The minimum Gasteiger partial charge on any atom is -0.491 e. The number of rotatable bonds is 21. The van der Waals surface area contributed by atoms with Gasteiger partial charge < -0.3 is 39.4 Å². The first-order valence-corrected chi connectivity index (χ1v) is 15.8. The predicted octanol–water partition coefficient (Wildman–Crippen LogP) is -0.394. The van der Waals surface area contributed by atoms with Gasteiger partial charge in [-0.3, -0.25) is 38.8 Å². The smallest absolute Gasteiger partial charge is 0.321 e. The van der Waals surface area contributed by atoms with Gasteiger partial charge in [0.15, 0.2) is 0 Å². The van der Waals surface area contributed by atoms with Crippen LogP contribution in [0.1, 0.15) is 12.5 Å². The summed E-state index contributed by atoms with van der Waals surface area (Å²) in [6.45, 7) is 6.30. The van der Waals surface area contributed by atoms with Crippen LogP contribution >= 0.6 is 0 Å². The van der Waals surface area contributed by atoms with Gasteiger partial charge in [-0.1, -0.05) is 12.1 Å². The van der Waals surface area contributed by atoms with Crippen LogP contribution in [-0.4, -0.2) is 188 Å². The molecule has 17 heteroatoms. The molecule has 1 heterocycles. The Bertz CT molecular complexity index is 1050. The summed E-state index contributed by atoms with van der Waals surface area (Å²) >= 11 is 0. The third-order valence-corrected chi connectivity index (χ3v) is 7.47. The van der Waals surface area contributed by atoms with Crippen molar-refractivity contribution in [1.82, 2.24) is 19.6 Å². The van der Waals surface area contributed by atoms with Crippen LogP contribution in [0.4, 0.5) is 0 Å². The average molecular weight is 828 g/mol. The summed E-state index contributed by atoms with van der Waals surface area (Å²) in [7, 11) is 0. The van der Waals surface area contributed by atoms with Crippen molar-refractivity contribution < 1.29 is 98.5 Å². The first-order chi connectivity index (χ1) is 22.6. The molecule has 1 aromatic rings. The molecule has 0 saturated carbocycles. The Morgan fingerprint density at radius 2 is 1.02 bits per heavy atom. The second-order valence-corrected chi connectivity index (χ2v) is 11.0. The fourth-order valence-corrected chi connectivity index (χ4v) is 5.03. The summed E-state index contributed by atoms with van der Waals surface area (Å²) < 4.78 is 21.8. The van der Waals surface area contributed by atoms with Gasteiger partial charge in [0.2, 0.25) is 0 Å². The fraction of sp³-hybridized carbons (Fsp3) is 0.677. The minimum absolute atomic E-state index is 0. The van der Waals surface area contributed by atoms with E-state index in [1.54, 1.807) is 43.9 Å².